The second-order valence-electron chi connectivity index (χ2n) is 7.23. The number of aliphatic hydroxyl groups is 1. The molecular formula is C23H21ClFNO5. The molecule has 1 fully saturated rings. The van der Waals surface area contributed by atoms with Gasteiger partial charge in [0.15, 0.2) is 0 Å². The van der Waals surface area contributed by atoms with Gasteiger partial charge in [0.2, 0.25) is 0 Å². The van der Waals surface area contributed by atoms with Gasteiger partial charge in [-0.1, -0.05) is 36.2 Å². The summed E-state index contributed by atoms with van der Waals surface area (Å²) in [4.78, 5) is 37.7. The number of likely N-dealkylation sites (tertiary alicyclic amines) is 1. The second-order valence-corrected chi connectivity index (χ2v) is 7.63. The van der Waals surface area contributed by atoms with E-state index in [0.29, 0.717) is 29.8 Å². The fourth-order valence-corrected chi connectivity index (χ4v) is 3.87. The molecule has 0 bridgehead atoms. The normalized spacial score (nSPS) is 17.9. The SMILES string of the molecule is O=C(O)CCCCCN1C(=O)C(=O)C(=C(O)c2ccc(F)cc2)C1c1ccccc1Cl. The average molecular weight is 446 g/mol. The number of carboxylic acids is 1. The van der Waals surface area contributed by atoms with Crippen LogP contribution in [0.4, 0.5) is 4.39 Å². The van der Waals surface area contributed by atoms with E-state index in [1.54, 1.807) is 24.3 Å². The van der Waals surface area contributed by atoms with Gasteiger partial charge in [0.1, 0.15) is 11.6 Å². The Balaban J connectivity index is 1.99. The van der Waals surface area contributed by atoms with Crippen LogP contribution in [0.1, 0.15) is 42.9 Å². The molecule has 1 unspecified atom stereocenters. The molecule has 8 heteroatoms. The zero-order valence-corrected chi connectivity index (χ0v) is 17.3. The van der Waals surface area contributed by atoms with E-state index in [-0.39, 0.29) is 24.1 Å². The highest BCUT2D eigenvalue weighted by atomic mass is 35.5. The van der Waals surface area contributed by atoms with Gasteiger partial charge in [0, 0.05) is 23.6 Å². The van der Waals surface area contributed by atoms with Crippen molar-refractivity contribution in [1.82, 2.24) is 4.90 Å². The highest BCUT2D eigenvalue weighted by molar-refractivity contribution is 6.47. The maximum absolute atomic E-state index is 13.3. The molecule has 1 atom stereocenters. The van der Waals surface area contributed by atoms with Gasteiger partial charge in [-0.05, 0) is 48.7 Å². The van der Waals surface area contributed by atoms with Crippen LogP contribution in [0.2, 0.25) is 5.02 Å². The Morgan fingerprint density at radius 2 is 1.68 bits per heavy atom. The smallest absolute Gasteiger partial charge is 0.303 e. The lowest BCUT2D eigenvalue weighted by Crippen LogP contribution is -2.30. The van der Waals surface area contributed by atoms with Crippen molar-refractivity contribution >= 4 is 35.0 Å². The van der Waals surface area contributed by atoms with Gasteiger partial charge in [0.05, 0.1) is 11.6 Å². The zero-order valence-electron chi connectivity index (χ0n) is 16.6. The molecule has 31 heavy (non-hydrogen) atoms. The van der Waals surface area contributed by atoms with E-state index in [2.05, 4.69) is 0 Å². The van der Waals surface area contributed by atoms with E-state index >= 15 is 0 Å². The van der Waals surface area contributed by atoms with Crippen molar-refractivity contribution < 1.29 is 29.0 Å². The van der Waals surface area contributed by atoms with Gasteiger partial charge in [-0.25, -0.2) is 4.39 Å². The van der Waals surface area contributed by atoms with Crippen molar-refractivity contribution in [3.63, 3.8) is 0 Å². The summed E-state index contributed by atoms with van der Waals surface area (Å²) >= 11 is 6.35. The lowest BCUT2D eigenvalue weighted by Gasteiger charge is -2.26. The summed E-state index contributed by atoms with van der Waals surface area (Å²) in [5.41, 5.74) is 0.575. The van der Waals surface area contributed by atoms with Crippen molar-refractivity contribution in [2.24, 2.45) is 0 Å². The summed E-state index contributed by atoms with van der Waals surface area (Å²) in [7, 11) is 0. The van der Waals surface area contributed by atoms with E-state index < -0.39 is 35.3 Å². The first-order valence-electron chi connectivity index (χ1n) is 9.82. The number of nitrogens with zero attached hydrogens (tertiary/aromatic N) is 1. The van der Waals surface area contributed by atoms with Crippen LogP contribution < -0.4 is 0 Å². The summed E-state index contributed by atoms with van der Waals surface area (Å²) in [5, 5.41) is 20.0. The average Bonchev–Trinajstić information content (AvgIpc) is 2.98. The molecule has 162 valence electrons. The van der Waals surface area contributed by atoms with Crippen molar-refractivity contribution in [2.75, 3.05) is 6.54 Å². The molecule has 0 radical (unpaired) electrons. The number of halogens is 2. The first-order valence-corrected chi connectivity index (χ1v) is 10.2. The minimum atomic E-state index is -0.904. The van der Waals surface area contributed by atoms with E-state index in [0.717, 1.165) is 12.1 Å². The Hall–Kier alpha value is -3.19. The molecular weight excluding hydrogens is 425 g/mol. The number of hydrogen-bond donors (Lipinski definition) is 2. The van der Waals surface area contributed by atoms with Crippen LogP contribution in [0.25, 0.3) is 5.76 Å². The third-order valence-electron chi connectivity index (χ3n) is 5.15. The molecule has 0 spiro atoms. The number of aliphatic hydroxyl groups excluding tert-OH is 1. The molecule has 1 heterocycles. The van der Waals surface area contributed by atoms with Gasteiger partial charge >= 0.3 is 5.97 Å². The maximum atomic E-state index is 13.3. The third kappa shape index (κ3) is 4.94. The molecule has 1 saturated heterocycles. The highest BCUT2D eigenvalue weighted by Gasteiger charge is 2.46. The largest absolute Gasteiger partial charge is 0.507 e. The first-order chi connectivity index (χ1) is 14.8. The zero-order chi connectivity index (χ0) is 22.5. The van der Waals surface area contributed by atoms with Gasteiger partial charge in [-0.15, -0.1) is 0 Å². The molecule has 1 aliphatic rings. The number of rotatable bonds is 8. The van der Waals surface area contributed by atoms with Crippen LogP contribution in [-0.4, -0.2) is 39.3 Å². The summed E-state index contributed by atoms with van der Waals surface area (Å²) in [6, 6.07) is 10.8. The number of carbonyl (C=O) groups is 3. The van der Waals surface area contributed by atoms with E-state index in [1.165, 1.54) is 17.0 Å². The molecule has 1 amide bonds. The van der Waals surface area contributed by atoms with E-state index in [4.69, 9.17) is 16.7 Å². The quantitative estimate of drug-likeness (QED) is 0.269. The summed E-state index contributed by atoms with van der Waals surface area (Å²) < 4.78 is 13.3. The van der Waals surface area contributed by atoms with Crippen molar-refractivity contribution in [3.8, 4) is 0 Å². The highest BCUT2D eigenvalue weighted by Crippen LogP contribution is 2.41. The topological polar surface area (TPSA) is 94.9 Å². The number of Topliss-reactive ketones (excluding diaryl/α,β-unsaturated/α-hetero) is 1. The van der Waals surface area contributed by atoms with Gasteiger partial charge in [-0.2, -0.15) is 0 Å². The van der Waals surface area contributed by atoms with Crippen LogP contribution in [0.15, 0.2) is 54.1 Å². The molecule has 0 aromatic heterocycles. The molecule has 0 aliphatic carbocycles. The lowest BCUT2D eigenvalue weighted by atomic mass is 9.95. The number of aliphatic carboxylic acids is 1. The molecule has 3 rings (SSSR count). The molecule has 2 N–H and O–H groups in total. The Labute approximate surface area is 183 Å². The fourth-order valence-electron chi connectivity index (χ4n) is 3.63. The number of amides is 1. The number of hydrogen-bond acceptors (Lipinski definition) is 4. The third-order valence-corrected chi connectivity index (χ3v) is 5.49. The van der Waals surface area contributed by atoms with E-state index in [1.807, 2.05) is 0 Å². The number of carbonyl (C=O) groups excluding carboxylic acids is 2. The van der Waals surface area contributed by atoms with Gasteiger partial charge < -0.3 is 15.1 Å². The standard InChI is InChI=1S/C23H21ClFNO5/c24-17-7-4-3-6-16(17)20-19(21(29)14-9-11-15(25)12-10-14)22(30)23(31)26(20)13-5-1-2-8-18(27)28/h3-4,6-7,9-12,20,29H,1-2,5,8,13H2,(H,27,28). The number of carboxylic acid groups (broad SMARTS) is 1. The minimum absolute atomic E-state index is 0.0251. The fraction of sp³-hybridized carbons (Fsp3) is 0.261. The predicted molar refractivity (Wildman–Crippen MR) is 113 cm³/mol. The summed E-state index contributed by atoms with van der Waals surface area (Å²) in [5.74, 6) is -3.42. The Kier molecular flexibility index (Phi) is 7.07. The molecule has 1 aliphatic heterocycles. The van der Waals surface area contributed by atoms with Gasteiger partial charge in [-0.3, -0.25) is 14.4 Å². The summed E-state index contributed by atoms with van der Waals surface area (Å²) in [6.07, 6.45) is 1.52. The van der Waals surface area contributed by atoms with Crippen LogP contribution in [0.5, 0.6) is 0 Å². The minimum Gasteiger partial charge on any atom is -0.507 e. The number of ketones is 1. The molecule has 6 nitrogen and oxygen atoms in total. The first kappa shape index (κ1) is 22.5. The van der Waals surface area contributed by atoms with Crippen LogP contribution in [0.3, 0.4) is 0 Å². The lowest BCUT2D eigenvalue weighted by molar-refractivity contribution is -0.140. The number of unbranched alkanes of at least 4 members (excludes halogenated alkanes) is 2. The summed E-state index contributed by atoms with van der Waals surface area (Å²) in [6.45, 7) is 0.195. The Morgan fingerprint density at radius 1 is 1.00 bits per heavy atom. The van der Waals surface area contributed by atoms with Gasteiger partial charge in [0.25, 0.3) is 11.7 Å². The van der Waals surface area contributed by atoms with E-state index in [9.17, 15) is 23.9 Å². The Bertz CT molecular complexity index is 1030. The second kappa shape index (κ2) is 9.75. The maximum Gasteiger partial charge on any atom is 0.303 e. The monoisotopic (exact) mass is 445 g/mol. The molecule has 2 aromatic rings. The van der Waals surface area contributed by atoms with Crippen molar-refractivity contribution in [2.45, 2.75) is 31.7 Å². The Morgan fingerprint density at radius 3 is 2.32 bits per heavy atom. The predicted octanol–water partition coefficient (Wildman–Crippen LogP) is 4.55. The molecule has 2 aromatic carbocycles. The molecule has 0 saturated carbocycles. The van der Waals surface area contributed by atoms with Crippen LogP contribution in [-0.2, 0) is 14.4 Å². The van der Waals surface area contributed by atoms with Crippen molar-refractivity contribution in [1.29, 1.82) is 0 Å². The number of benzene rings is 2. The van der Waals surface area contributed by atoms with Crippen LogP contribution >= 0.6 is 11.6 Å². The van der Waals surface area contributed by atoms with Crippen molar-refractivity contribution in [3.05, 3.63) is 76.1 Å². The van der Waals surface area contributed by atoms with Crippen LogP contribution in [0, 0.1) is 5.82 Å².